The Morgan fingerprint density at radius 1 is 0.453 bits per heavy atom. The topological polar surface area (TPSA) is 393 Å². The monoisotopic (exact) mass is 1190 g/mol. The molecule has 7 aromatic heterocycles. The number of nitrogens with two attached hydrogens (primary N) is 1. The van der Waals surface area contributed by atoms with Gasteiger partial charge in [0.2, 0.25) is 29.4 Å². The third-order valence-corrected chi connectivity index (χ3v) is 13.1. The number of carbonyl (C=O) groups is 10. The molecule has 0 unspecified atom stereocenters. The highest BCUT2D eigenvalue weighted by Crippen LogP contribution is 2.22. The first-order valence-electron chi connectivity index (χ1n) is 26.9. The van der Waals surface area contributed by atoms with Crippen molar-refractivity contribution in [1.29, 1.82) is 0 Å². The molecule has 32 heteroatoms. The minimum absolute atomic E-state index is 0.00813. The number of carbonyl (C=O) groups excluding carboxylic acids is 10. The van der Waals surface area contributed by atoms with Crippen molar-refractivity contribution >= 4 is 93.5 Å². The Kier molecular flexibility index (Phi) is 20.6. The van der Waals surface area contributed by atoms with Gasteiger partial charge >= 0.3 is 0 Å². The van der Waals surface area contributed by atoms with Crippen LogP contribution in [0.25, 0.3) is 0 Å². The van der Waals surface area contributed by atoms with Crippen LogP contribution >= 0.6 is 0 Å². The first kappa shape index (κ1) is 63.0. The van der Waals surface area contributed by atoms with Crippen LogP contribution < -0.4 is 58.9 Å². The zero-order valence-corrected chi connectivity index (χ0v) is 48.9. The summed E-state index contributed by atoms with van der Waals surface area (Å²) in [4.78, 5) is 144. The Hall–Kier alpha value is -10.6. The van der Waals surface area contributed by atoms with Crippen molar-refractivity contribution in [1.82, 2.24) is 73.1 Å². The van der Waals surface area contributed by atoms with E-state index in [9.17, 15) is 47.9 Å². The van der Waals surface area contributed by atoms with Crippen LogP contribution in [0.2, 0.25) is 0 Å². The zero-order valence-electron chi connectivity index (χ0n) is 48.9. The van der Waals surface area contributed by atoms with Gasteiger partial charge in [0.15, 0.2) is 17.5 Å². The predicted molar refractivity (Wildman–Crippen MR) is 315 cm³/mol. The van der Waals surface area contributed by atoms with Crippen LogP contribution in [-0.2, 0) is 63.7 Å². The van der Waals surface area contributed by atoms with E-state index in [1.807, 2.05) is 19.0 Å². The molecule has 0 aromatic carbocycles. The van der Waals surface area contributed by atoms with Gasteiger partial charge in [-0.25, -0.2) is 15.0 Å². The Morgan fingerprint density at radius 2 is 0.884 bits per heavy atom. The predicted octanol–water partition coefficient (Wildman–Crippen LogP) is 0.283. The van der Waals surface area contributed by atoms with Crippen molar-refractivity contribution in [3.63, 3.8) is 0 Å². The minimum Gasteiger partial charge on any atom is -0.356 e. The molecule has 7 heterocycles. The fraction of sp³-hybridized carbons (Fsp3) is 0.352. The Bertz CT molecular complexity index is 3700. The number of nitrogens with one attached hydrogen (secondary N) is 10. The summed E-state index contributed by atoms with van der Waals surface area (Å²) in [6.45, 7) is 1.42. The molecule has 0 aliphatic heterocycles. The quantitative estimate of drug-likeness (QED) is 0.0308. The summed E-state index contributed by atoms with van der Waals surface area (Å²) in [5.74, 6) is -4.69. The van der Waals surface area contributed by atoms with E-state index < -0.39 is 59.2 Å². The molecule has 0 radical (unpaired) electrons. The van der Waals surface area contributed by atoms with Crippen LogP contribution in [0.5, 0.6) is 0 Å². The molecule has 86 heavy (non-hydrogen) atoms. The molecule has 0 saturated carbocycles. The SMILES string of the molecule is CN(C)CCCNC(=O)CCNC(=O)c1cc(NC(=O)c2cc(NC(=O)c3cc(NC(=O)c4cc(NC(=O)[C@H](N)CCNC(=O)c5nc(NC(=O)CCNC(=O)c6nc(NC(=O)c7nccn7C)cn6C)cn5C)cn4C)cn3C)cn2C)cn1C. The lowest BCUT2D eigenvalue weighted by Gasteiger charge is -2.12. The van der Waals surface area contributed by atoms with Gasteiger partial charge in [-0.05, 0) is 57.7 Å². The number of amides is 10. The lowest BCUT2D eigenvalue weighted by atomic mass is 10.2. The van der Waals surface area contributed by atoms with Crippen LogP contribution in [0, 0.1) is 0 Å². The number of aromatic nitrogens is 10. The van der Waals surface area contributed by atoms with Crippen molar-refractivity contribution in [3.8, 4) is 0 Å². The van der Waals surface area contributed by atoms with Crippen molar-refractivity contribution in [2.75, 3.05) is 78.7 Å². The first-order chi connectivity index (χ1) is 40.8. The second kappa shape index (κ2) is 28.1. The fourth-order valence-electron chi connectivity index (χ4n) is 8.70. The van der Waals surface area contributed by atoms with Gasteiger partial charge in [-0.15, -0.1) is 0 Å². The number of rotatable bonds is 27. The van der Waals surface area contributed by atoms with Gasteiger partial charge in [-0.2, -0.15) is 0 Å². The lowest BCUT2D eigenvalue weighted by Crippen LogP contribution is -2.39. The van der Waals surface area contributed by atoms with Gasteiger partial charge in [-0.3, -0.25) is 47.9 Å². The van der Waals surface area contributed by atoms with Gasteiger partial charge < -0.3 is 95.8 Å². The van der Waals surface area contributed by atoms with E-state index in [1.54, 1.807) is 72.5 Å². The van der Waals surface area contributed by atoms with Crippen LogP contribution in [-0.4, -0.2) is 164 Å². The smallest absolute Gasteiger partial charge is 0.292 e. The van der Waals surface area contributed by atoms with Crippen LogP contribution in [0.3, 0.4) is 0 Å². The molecule has 7 aromatic rings. The van der Waals surface area contributed by atoms with E-state index >= 15 is 0 Å². The van der Waals surface area contributed by atoms with Crippen molar-refractivity contribution in [3.05, 3.63) is 114 Å². The van der Waals surface area contributed by atoms with E-state index in [1.165, 1.54) is 82.7 Å². The summed E-state index contributed by atoms with van der Waals surface area (Å²) in [5.41, 5.74) is 8.17. The largest absolute Gasteiger partial charge is 0.356 e. The van der Waals surface area contributed by atoms with Crippen molar-refractivity contribution in [2.24, 2.45) is 55.1 Å². The molecule has 0 fully saturated rings. The Balaban J connectivity index is 0.811. The fourth-order valence-corrected chi connectivity index (χ4v) is 8.70. The molecular formula is C54H70N22O10. The van der Waals surface area contributed by atoms with Gasteiger partial charge in [0.25, 0.3) is 41.4 Å². The van der Waals surface area contributed by atoms with Crippen LogP contribution in [0.15, 0.2) is 73.8 Å². The number of anilines is 6. The Morgan fingerprint density at radius 3 is 1.35 bits per heavy atom. The molecule has 456 valence electrons. The van der Waals surface area contributed by atoms with Crippen molar-refractivity contribution < 1.29 is 47.9 Å². The number of aryl methyl sites for hydroxylation is 7. The van der Waals surface area contributed by atoms with Crippen LogP contribution in [0.1, 0.15) is 99.5 Å². The maximum Gasteiger partial charge on any atom is 0.292 e. The van der Waals surface area contributed by atoms with Gasteiger partial charge in [0.05, 0.1) is 28.8 Å². The molecule has 0 spiro atoms. The number of imidazole rings is 3. The van der Waals surface area contributed by atoms with E-state index in [2.05, 4.69) is 68.1 Å². The number of hydrogen-bond donors (Lipinski definition) is 11. The van der Waals surface area contributed by atoms with Crippen LogP contribution in [0.4, 0.5) is 34.4 Å². The summed E-state index contributed by atoms with van der Waals surface area (Å²) in [5, 5.41) is 27.0. The molecule has 1 atom stereocenters. The standard InChI is InChI=1S/C54H70N22O10/c1-69(2)19-10-14-56-42(77)12-16-58-48(80)36-21-32(26-71(36)4)62-50(82)38-23-34(28-73(38)6)64-51(83)39-24-33(27-74(39)7)63-49(81)37-22-31(25-72(37)5)61-47(79)35(55)11-15-59-52(84)45-66-40(29-75(45)8)65-43(78)13-17-60-53(85)46-67-41(30-76(46)9)68-54(86)44-57-18-20-70(44)3/h18,20-30,35H,10-17,19,55H2,1-9H3,(H,56,77)(H,58,80)(H,59,84)(H,60,85)(H,61,79)(H,62,82)(H,63,81)(H,64,83)(H,65,78)(H,68,86)/t35-/m1/s1. The number of hydrogen-bond acceptors (Lipinski definition) is 15. The van der Waals surface area contributed by atoms with E-state index in [0.717, 1.165) is 13.0 Å². The van der Waals surface area contributed by atoms with E-state index in [-0.39, 0.29) is 108 Å². The summed E-state index contributed by atoms with van der Waals surface area (Å²) in [7, 11) is 15.2. The lowest BCUT2D eigenvalue weighted by molar-refractivity contribution is -0.121. The molecule has 0 aliphatic rings. The third kappa shape index (κ3) is 16.6. The molecule has 7 rings (SSSR count). The van der Waals surface area contributed by atoms with Gasteiger partial charge in [0.1, 0.15) is 22.8 Å². The molecule has 0 saturated heterocycles. The second-order valence-corrected chi connectivity index (χ2v) is 20.4. The molecule has 32 nitrogen and oxygen atoms in total. The molecule has 12 N–H and O–H groups in total. The average Bonchev–Trinajstić information content (AvgIpc) is 4.47. The summed E-state index contributed by atoms with van der Waals surface area (Å²) in [6.07, 6.45) is 12.9. The summed E-state index contributed by atoms with van der Waals surface area (Å²) in [6, 6.07) is 4.82. The highest BCUT2D eigenvalue weighted by atomic mass is 16.2. The molecule has 0 aliphatic carbocycles. The highest BCUT2D eigenvalue weighted by Gasteiger charge is 2.24. The zero-order chi connectivity index (χ0) is 62.5. The van der Waals surface area contributed by atoms with E-state index in [4.69, 9.17) is 5.73 Å². The third-order valence-electron chi connectivity index (χ3n) is 13.1. The Labute approximate surface area is 492 Å². The van der Waals surface area contributed by atoms with E-state index in [0.29, 0.717) is 17.9 Å². The van der Waals surface area contributed by atoms with Gasteiger partial charge in [-0.1, -0.05) is 0 Å². The minimum atomic E-state index is -1.08. The summed E-state index contributed by atoms with van der Waals surface area (Å²) < 4.78 is 10.4. The summed E-state index contributed by atoms with van der Waals surface area (Å²) >= 11 is 0. The van der Waals surface area contributed by atoms with Crippen molar-refractivity contribution in [2.45, 2.75) is 31.7 Å². The number of nitrogens with zero attached hydrogens (tertiary/aromatic N) is 11. The highest BCUT2D eigenvalue weighted by molar-refractivity contribution is 6.09. The normalized spacial score (nSPS) is 11.4. The molecule has 0 bridgehead atoms. The molecule has 10 amide bonds. The first-order valence-corrected chi connectivity index (χ1v) is 26.9. The van der Waals surface area contributed by atoms with Gasteiger partial charge in [0, 0.05) is 138 Å². The maximum atomic E-state index is 13.5. The molecular weight excluding hydrogens is 1120 g/mol. The maximum absolute atomic E-state index is 13.5. The second-order valence-electron chi connectivity index (χ2n) is 20.4. The average molecular weight is 1190 g/mol.